The number of aromatic nitrogens is 10. The number of aliphatic hydroxyl groups is 9. The zero-order valence-electron chi connectivity index (χ0n) is 28.8. The molecule has 16 N–H and O–H groups in total. The topological polar surface area (TPSA) is 430 Å². The second kappa shape index (κ2) is 16.4. The van der Waals surface area contributed by atoms with Crippen LogP contribution in [0.25, 0.3) is 22.3 Å². The zero-order valence-corrected chi connectivity index (χ0v) is 28.8. The molecule has 0 aliphatic carbocycles. The van der Waals surface area contributed by atoms with Crippen molar-refractivity contribution in [2.24, 2.45) is 0 Å². The summed E-state index contributed by atoms with van der Waals surface area (Å²) in [6.07, 6.45) is -7.90. The minimum absolute atomic E-state index is 0.0388. The van der Waals surface area contributed by atoms with Crippen molar-refractivity contribution in [3.63, 3.8) is 0 Å². The third-order valence-corrected chi connectivity index (χ3v) is 9.06. The summed E-state index contributed by atoms with van der Waals surface area (Å²) in [6, 6.07) is 1.37. The molecule has 12 atom stereocenters. The number of rotatable bonds is 6. The minimum atomic E-state index is -1.31. The van der Waals surface area contributed by atoms with E-state index in [1.165, 1.54) is 40.4 Å². The van der Waals surface area contributed by atoms with Crippen molar-refractivity contribution >= 4 is 39.9 Å². The second-order valence-electron chi connectivity index (χ2n) is 12.6. The SMILES string of the molecule is Nc1ccn([C@@H]2O[C@H](CO)[C@@H](O)[C@H]2O)c(=O)n1.Nc1nc2c(ncn2[C@@H]2O[C@H](CO)[C@@H](O)[C@H]2O)c(=O)[nH]1.Nc1ncnc2c1ncn2[C@@H]1O[C@H](CO)[C@@H](O)[C@H]1O. The zero-order chi connectivity index (χ0) is 40.6. The van der Waals surface area contributed by atoms with Gasteiger partial charge < -0.3 is 77.4 Å². The Morgan fingerprint density at radius 3 is 1.59 bits per heavy atom. The van der Waals surface area contributed by atoms with Crippen LogP contribution in [-0.4, -0.2) is 169 Å². The molecule has 304 valence electrons. The van der Waals surface area contributed by atoms with Crippen molar-refractivity contribution in [3.8, 4) is 0 Å². The van der Waals surface area contributed by atoms with Gasteiger partial charge in [0.15, 0.2) is 41.3 Å². The Kier molecular flexibility index (Phi) is 11.8. The van der Waals surface area contributed by atoms with Gasteiger partial charge >= 0.3 is 5.69 Å². The first-order chi connectivity index (χ1) is 26.7. The fourth-order valence-corrected chi connectivity index (χ4v) is 6.13. The molecule has 3 saturated heterocycles. The maximum atomic E-state index is 11.7. The number of aromatic amines is 1. The Morgan fingerprint density at radius 2 is 1.11 bits per heavy atom. The van der Waals surface area contributed by atoms with E-state index in [0.717, 1.165) is 4.57 Å². The van der Waals surface area contributed by atoms with Crippen LogP contribution in [0.5, 0.6) is 0 Å². The number of nitrogen functional groups attached to an aromatic ring is 3. The van der Waals surface area contributed by atoms with Gasteiger partial charge in [-0.15, -0.1) is 0 Å². The molecular weight excluding hydrogens is 754 g/mol. The molecule has 0 saturated carbocycles. The Labute approximate surface area is 311 Å². The minimum Gasteiger partial charge on any atom is -0.394 e. The summed E-state index contributed by atoms with van der Waals surface area (Å²) in [5, 5.41) is 85.6. The highest BCUT2D eigenvalue weighted by Gasteiger charge is 2.46. The normalized spacial score (nSPS) is 31.3. The van der Waals surface area contributed by atoms with Gasteiger partial charge in [0.25, 0.3) is 5.56 Å². The number of nitrogens with one attached hydrogen (secondary N) is 1. The van der Waals surface area contributed by atoms with E-state index in [9.17, 15) is 40.2 Å². The van der Waals surface area contributed by atoms with Gasteiger partial charge in [-0.3, -0.25) is 23.5 Å². The van der Waals surface area contributed by atoms with E-state index in [2.05, 4.69) is 34.9 Å². The molecule has 0 spiro atoms. The van der Waals surface area contributed by atoms with Crippen LogP contribution in [-0.2, 0) is 14.2 Å². The van der Waals surface area contributed by atoms with Gasteiger partial charge in [0.2, 0.25) is 5.95 Å². The van der Waals surface area contributed by atoms with Crippen LogP contribution in [0, 0.1) is 0 Å². The third-order valence-electron chi connectivity index (χ3n) is 9.06. The lowest BCUT2D eigenvalue weighted by molar-refractivity contribution is -0.0549. The molecule has 0 radical (unpaired) electrons. The van der Waals surface area contributed by atoms with Crippen LogP contribution in [0.2, 0.25) is 0 Å². The van der Waals surface area contributed by atoms with E-state index in [-0.39, 0.29) is 28.7 Å². The van der Waals surface area contributed by atoms with Gasteiger partial charge in [-0.25, -0.2) is 24.7 Å². The van der Waals surface area contributed by atoms with Crippen molar-refractivity contribution in [3.05, 3.63) is 52.1 Å². The fraction of sp³-hybridized carbons (Fsp3) is 0.517. The average molecular weight is 794 g/mol. The lowest BCUT2D eigenvalue weighted by atomic mass is 10.1. The molecule has 0 bridgehead atoms. The Balaban J connectivity index is 0.000000143. The Hall–Kier alpha value is -5.30. The van der Waals surface area contributed by atoms with Crippen molar-refractivity contribution < 1.29 is 60.2 Å². The van der Waals surface area contributed by atoms with Gasteiger partial charge in [0.05, 0.1) is 32.5 Å². The van der Waals surface area contributed by atoms with E-state index < -0.39 is 105 Å². The van der Waals surface area contributed by atoms with Gasteiger partial charge in [-0.1, -0.05) is 0 Å². The molecule has 0 amide bonds. The van der Waals surface area contributed by atoms with Crippen molar-refractivity contribution in [2.45, 2.75) is 73.6 Å². The smallest absolute Gasteiger partial charge is 0.351 e. The fourth-order valence-electron chi connectivity index (χ4n) is 6.13. The molecule has 3 fully saturated rings. The molecule has 5 aromatic rings. The summed E-state index contributed by atoms with van der Waals surface area (Å²) >= 11 is 0. The molecular formula is C29H39N13O14. The number of anilines is 3. The average Bonchev–Trinajstić information content (AvgIpc) is 3.98. The first-order valence-electron chi connectivity index (χ1n) is 16.6. The van der Waals surface area contributed by atoms with Gasteiger partial charge in [-0.2, -0.15) is 9.97 Å². The number of fused-ring (bicyclic) bond motifs is 2. The maximum Gasteiger partial charge on any atom is 0.351 e. The molecule has 8 rings (SSSR count). The van der Waals surface area contributed by atoms with E-state index in [1.807, 2.05) is 0 Å². The first kappa shape index (κ1) is 40.4. The molecule has 0 aromatic carbocycles. The molecule has 56 heavy (non-hydrogen) atoms. The third kappa shape index (κ3) is 7.48. The lowest BCUT2D eigenvalue weighted by Crippen LogP contribution is -2.36. The molecule has 8 heterocycles. The molecule has 3 aliphatic rings. The number of H-pyrrole nitrogens is 1. The van der Waals surface area contributed by atoms with Gasteiger partial charge in [-0.05, 0) is 6.07 Å². The Bertz CT molecular complexity index is 2250. The van der Waals surface area contributed by atoms with Gasteiger partial charge in [0.1, 0.15) is 72.6 Å². The number of aliphatic hydroxyl groups excluding tert-OH is 9. The maximum absolute atomic E-state index is 11.7. The highest BCUT2D eigenvalue weighted by atomic mass is 16.6. The van der Waals surface area contributed by atoms with Crippen LogP contribution < -0.4 is 28.5 Å². The summed E-state index contributed by atoms with van der Waals surface area (Å²) in [6.45, 7) is -1.29. The number of imidazole rings is 2. The second-order valence-corrected chi connectivity index (χ2v) is 12.6. The predicted octanol–water partition coefficient (Wildman–Crippen LogP) is -7.23. The highest BCUT2D eigenvalue weighted by molar-refractivity contribution is 5.81. The number of hydrogen-bond acceptors (Lipinski definition) is 23. The molecule has 27 heteroatoms. The first-order valence-corrected chi connectivity index (χ1v) is 16.6. The standard InChI is InChI=1S/C10H13N5O5.C10H13N5O4.C9H13N3O5/c11-10-13-7-4(8(19)14-10)12-2-15(7)9-6(18)5(17)3(1-16)20-9;11-8-5-9(13-2-12-8)15(3-14-5)10-7(18)6(17)4(1-16)19-10;10-5-1-2-12(9(16)11-5)8-7(15)6(14)4(3-13)17-8/h2-3,5-6,9,16-18H,1H2,(H3,11,13,14,19);2-4,6-7,10,16-18H,1H2,(H2,11,12,13);1-2,4,6-8,13-15H,3H2,(H2,10,11,16)/t3-,5-,6-,9-;4-,6-,7-,10-;4-,6-,7-,8-/m111/s1. The summed E-state index contributed by atoms with van der Waals surface area (Å²) in [7, 11) is 0. The van der Waals surface area contributed by atoms with Gasteiger partial charge in [0, 0.05) is 6.20 Å². The molecule has 3 aliphatic heterocycles. The van der Waals surface area contributed by atoms with Crippen LogP contribution in [0.15, 0.2) is 40.8 Å². The number of ether oxygens (including phenoxy) is 3. The summed E-state index contributed by atoms with van der Waals surface area (Å²) in [5.74, 6) is 0.171. The van der Waals surface area contributed by atoms with Crippen LogP contribution in [0.3, 0.4) is 0 Å². The van der Waals surface area contributed by atoms with E-state index in [0.29, 0.717) is 11.2 Å². The van der Waals surface area contributed by atoms with E-state index in [1.54, 1.807) is 0 Å². The Morgan fingerprint density at radius 1 is 0.625 bits per heavy atom. The number of nitrogens with zero attached hydrogens (tertiary/aromatic N) is 9. The van der Waals surface area contributed by atoms with E-state index in [4.69, 9.17) is 46.7 Å². The number of hydrogen-bond donors (Lipinski definition) is 13. The molecule has 27 nitrogen and oxygen atoms in total. The molecule has 0 unspecified atom stereocenters. The van der Waals surface area contributed by atoms with Crippen molar-refractivity contribution in [1.29, 1.82) is 0 Å². The quantitative estimate of drug-likeness (QED) is 0.0759. The lowest BCUT2D eigenvalue weighted by Gasteiger charge is -2.16. The molecule has 5 aromatic heterocycles. The van der Waals surface area contributed by atoms with E-state index >= 15 is 0 Å². The summed E-state index contributed by atoms with van der Waals surface area (Å²) in [4.78, 5) is 48.7. The van der Waals surface area contributed by atoms with Crippen LogP contribution in [0.4, 0.5) is 17.6 Å². The van der Waals surface area contributed by atoms with Crippen molar-refractivity contribution in [2.75, 3.05) is 37.0 Å². The summed E-state index contributed by atoms with van der Waals surface area (Å²) in [5.41, 5.74) is 16.2. The van der Waals surface area contributed by atoms with Crippen molar-refractivity contribution in [1.82, 2.24) is 48.6 Å². The highest BCUT2D eigenvalue weighted by Crippen LogP contribution is 2.33. The predicted molar refractivity (Wildman–Crippen MR) is 184 cm³/mol. The van der Waals surface area contributed by atoms with Crippen LogP contribution in [0.1, 0.15) is 18.7 Å². The number of nitrogens with two attached hydrogens (primary N) is 3. The summed E-state index contributed by atoms with van der Waals surface area (Å²) < 4.78 is 19.7. The van der Waals surface area contributed by atoms with Crippen LogP contribution >= 0.6 is 0 Å². The largest absolute Gasteiger partial charge is 0.394 e. The monoisotopic (exact) mass is 793 g/mol.